The van der Waals surface area contributed by atoms with Crippen LogP contribution in [0.4, 0.5) is 16.2 Å². The number of fused-ring (bicyclic) bond motifs is 1. The number of urea groups is 1. The van der Waals surface area contributed by atoms with Crippen molar-refractivity contribution in [3.8, 4) is 0 Å². The maximum Gasteiger partial charge on any atom is 0.321 e. The maximum atomic E-state index is 12.6. The fraction of sp³-hybridized carbons (Fsp3) is 0.238. The molecule has 0 bridgehead atoms. The van der Waals surface area contributed by atoms with Crippen molar-refractivity contribution in [3.63, 3.8) is 0 Å². The van der Waals surface area contributed by atoms with Gasteiger partial charge in [-0.1, -0.05) is 36.4 Å². The maximum absolute atomic E-state index is 12.6. The smallest absolute Gasteiger partial charge is 0.321 e. The molecule has 1 aromatic heterocycles. The van der Waals surface area contributed by atoms with Gasteiger partial charge >= 0.3 is 6.03 Å². The summed E-state index contributed by atoms with van der Waals surface area (Å²) in [5, 5.41) is 7.59. The van der Waals surface area contributed by atoms with Crippen LogP contribution in [0.2, 0.25) is 0 Å². The van der Waals surface area contributed by atoms with Crippen LogP contribution < -0.4 is 10.6 Å². The second-order valence-corrected chi connectivity index (χ2v) is 6.58. The topological polar surface area (TPSA) is 57.3 Å². The van der Waals surface area contributed by atoms with Gasteiger partial charge in [0.15, 0.2) is 0 Å². The lowest BCUT2D eigenvalue weighted by molar-refractivity contribution is 0.197. The van der Waals surface area contributed by atoms with E-state index in [-0.39, 0.29) is 6.03 Å². The van der Waals surface area contributed by atoms with Gasteiger partial charge in [0.2, 0.25) is 0 Å². The molecule has 5 nitrogen and oxygen atoms in total. The van der Waals surface area contributed by atoms with Crippen molar-refractivity contribution in [2.24, 2.45) is 0 Å². The van der Waals surface area contributed by atoms with E-state index in [0.717, 1.165) is 48.2 Å². The summed E-state index contributed by atoms with van der Waals surface area (Å²) in [5.74, 6) is 0. The zero-order valence-corrected chi connectivity index (χ0v) is 14.6. The number of benzene rings is 2. The average Bonchev–Trinajstić information content (AvgIpc) is 2.70. The number of piperidine rings is 1. The Morgan fingerprint density at radius 2 is 1.73 bits per heavy atom. The Morgan fingerprint density at radius 1 is 0.962 bits per heavy atom. The molecule has 0 unspecified atom stereocenters. The molecule has 2 amide bonds. The highest BCUT2D eigenvalue weighted by atomic mass is 16.2. The van der Waals surface area contributed by atoms with Crippen LogP contribution >= 0.6 is 0 Å². The highest BCUT2D eigenvalue weighted by molar-refractivity contribution is 5.99. The number of carbonyl (C=O) groups excluding carboxylic acids is 1. The summed E-state index contributed by atoms with van der Waals surface area (Å²) in [6.07, 6.45) is 3.63. The number of aromatic nitrogens is 1. The van der Waals surface area contributed by atoms with E-state index in [2.05, 4.69) is 27.8 Å². The molecule has 26 heavy (non-hydrogen) atoms. The number of nitrogens with one attached hydrogen (secondary N) is 2. The first-order chi connectivity index (χ1) is 12.8. The Morgan fingerprint density at radius 3 is 2.54 bits per heavy atom. The molecule has 5 heteroatoms. The third kappa shape index (κ3) is 3.61. The van der Waals surface area contributed by atoms with Crippen LogP contribution in [0.25, 0.3) is 10.9 Å². The Hall–Kier alpha value is -3.08. The predicted molar refractivity (Wildman–Crippen MR) is 105 cm³/mol. The van der Waals surface area contributed by atoms with Crippen LogP contribution in [0, 0.1) is 0 Å². The van der Waals surface area contributed by atoms with Gasteiger partial charge < -0.3 is 15.5 Å². The number of amides is 2. The number of pyridine rings is 1. The van der Waals surface area contributed by atoms with Gasteiger partial charge in [-0.2, -0.15) is 0 Å². The number of hydrogen-bond acceptors (Lipinski definition) is 3. The molecule has 1 fully saturated rings. The van der Waals surface area contributed by atoms with Crippen molar-refractivity contribution in [1.82, 2.24) is 9.88 Å². The summed E-state index contributed by atoms with van der Waals surface area (Å²) in [4.78, 5) is 18.9. The number of para-hydroxylation sites is 2. The van der Waals surface area contributed by atoms with Gasteiger partial charge in [0, 0.05) is 36.4 Å². The highest BCUT2D eigenvalue weighted by Gasteiger charge is 2.23. The number of anilines is 2. The fourth-order valence-corrected chi connectivity index (χ4v) is 3.40. The van der Waals surface area contributed by atoms with Gasteiger partial charge in [-0.15, -0.1) is 0 Å². The number of nitrogens with zero attached hydrogens (tertiary/aromatic N) is 2. The van der Waals surface area contributed by atoms with Crippen LogP contribution in [0.1, 0.15) is 12.8 Å². The minimum atomic E-state index is -0.0543. The third-order valence-corrected chi connectivity index (χ3v) is 4.80. The van der Waals surface area contributed by atoms with Gasteiger partial charge in [0.05, 0.1) is 11.2 Å². The van der Waals surface area contributed by atoms with Crippen molar-refractivity contribution >= 4 is 28.3 Å². The molecule has 2 aromatic carbocycles. The third-order valence-electron chi connectivity index (χ3n) is 4.80. The normalized spacial score (nSPS) is 15.0. The van der Waals surface area contributed by atoms with Crippen LogP contribution in [0.3, 0.4) is 0 Å². The molecular weight excluding hydrogens is 324 g/mol. The van der Waals surface area contributed by atoms with E-state index >= 15 is 0 Å². The number of likely N-dealkylation sites (tertiary alicyclic amines) is 1. The summed E-state index contributed by atoms with van der Waals surface area (Å²) in [7, 11) is 0. The molecule has 2 N–H and O–H groups in total. The molecule has 3 aromatic rings. The minimum absolute atomic E-state index is 0.0543. The summed E-state index contributed by atoms with van der Waals surface area (Å²) in [6, 6.07) is 20.3. The van der Waals surface area contributed by atoms with Gasteiger partial charge in [-0.3, -0.25) is 4.98 Å². The van der Waals surface area contributed by atoms with E-state index in [1.165, 1.54) is 0 Å². The summed E-state index contributed by atoms with van der Waals surface area (Å²) < 4.78 is 0. The SMILES string of the molecule is O=C(Nc1cccc2cccnc12)N1CCC(Nc2ccccc2)CC1. The Labute approximate surface area is 153 Å². The van der Waals surface area contributed by atoms with Crippen LogP contribution in [-0.4, -0.2) is 35.0 Å². The molecule has 0 atom stereocenters. The second kappa shape index (κ2) is 7.44. The van der Waals surface area contributed by atoms with Crippen molar-refractivity contribution in [2.75, 3.05) is 23.7 Å². The molecule has 1 saturated heterocycles. The molecule has 0 aliphatic carbocycles. The molecule has 0 radical (unpaired) electrons. The largest absolute Gasteiger partial charge is 0.382 e. The Kier molecular flexibility index (Phi) is 4.69. The van der Waals surface area contributed by atoms with Crippen molar-refractivity contribution < 1.29 is 4.79 Å². The summed E-state index contributed by atoms with van der Waals surface area (Å²) in [6.45, 7) is 1.49. The fourth-order valence-electron chi connectivity index (χ4n) is 3.40. The molecule has 4 rings (SSSR count). The van der Waals surface area contributed by atoms with E-state index < -0.39 is 0 Å². The average molecular weight is 346 g/mol. The van der Waals surface area contributed by atoms with Gasteiger partial charge in [-0.25, -0.2) is 4.79 Å². The summed E-state index contributed by atoms with van der Waals surface area (Å²) >= 11 is 0. The number of rotatable bonds is 3. The lowest BCUT2D eigenvalue weighted by Crippen LogP contribution is -2.44. The Bertz CT molecular complexity index is 883. The zero-order valence-electron chi connectivity index (χ0n) is 14.6. The zero-order chi connectivity index (χ0) is 17.8. The van der Waals surface area contributed by atoms with Gasteiger partial charge in [-0.05, 0) is 37.1 Å². The molecule has 1 aliphatic rings. The standard InChI is InChI=1S/C21H22N4O/c26-21(24-19-10-4-6-16-7-5-13-22-20(16)19)25-14-11-18(12-15-25)23-17-8-2-1-3-9-17/h1-10,13,18,23H,11-12,14-15H2,(H,24,26). The monoisotopic (exact) mass is 346 g/mol. The first-order valence-corrected chi connectivity index (χ1v) is 9.01. The van der Waals surface area contributed by atoms with Crippen LogP contribution in [0.15, 0.2) is 66.9 Å². The van der Waals surface area contributed by atoms with Gasteiger partial charge in [0.25, 0.3) is 0 Å². The number of hydrogen-bond donors (Lipinski definition) is 2. The van der Waals surface area contributed by atoms with E-state index in [9.17, 15) is 4.79 Å². The van der Waals surface area contributed by atoms with Crippen molar-refractivity contribution in [1.29, 1.82) is 0 Å². The van der Waals surface area contributed by atoms with Crippen molar-refractivity contribution in [2.45, 2.75) is 18.9 Å². The molecule has 1 aliphatic heterocycles. The van der Waals surface area contributed by atoms with Gasteiger partial charge in [0.1, 0.15) is 0 Å². The summed E-state index contributed by atoms with van der Waals surface area (Å²) in [5.41, 5.74) is 2.72. The molecular formula is C21H22N4O. The molecule has 132 valence electrons. The molecule has 0 saturated carbocycles. The van der Waals surface area contributed by atoms with Crippen LogP contribution in [-0.2, 0) is 0 Å². The second-order valence-electron chi connectivity index (χ2n) is 6.58. The van der Waals surface area contributed by atoms with E-state index in [1.54, 1.807) is 6.20 Å². The highest BCUT2D eigenvalue weighted by Crippen LogP contribution is 2.22. The minimum Gasteiger partial charge on any atom is -0.382 e. The lowest BCUT2D eigenvalue weighted by atomic mass is 10.0. The molecule has 0 spiro atoms. The van der Waals surface area contributed by atoms with Crippen LogP contribution in [0.5, 0.6) is 0 Å². The predicted octanol–water partition coefficient (Wildman–Crippen LogP) is 4.34. The van der Waals surface area contributed by atoms with E-state index in [4.69, 9.17) is 0 Å². The Balaban J connectivity index is 1.36. The van der Waals surface area contributed by atoms with E-state index in [1.807, 2.05) is 53.4 Å². The van der Waals surface area contributed by atoms with E-state index in [0.29, 0.717) is 6.04 Å². The molecule has 2 heterocycles. The first-order valence-electron chi connectivity index (χ1n) is 9.01. The lowest BCUT2D eigenvalue weighted by Gasteiger charge is -2.33. The van der Waals surface area contributed by atoms with Crippen molar-refractivity contribution in [3.05, 3.63) is 66.9 Å². The first kappa shape index (κ1) is 16.4. The quantitative estimate of drug-likeness (QED) is 0.741. The number of carbonyl (C=O) groups is 1.